The van der Waals surface area contributed by atoms with Crippen molar-refractivity contribution >= 4 is 0 Å². The zero-order chi connectivity index (χ0) is 13.8. The van der Waals surface area contributed by atoms with E-state index in [1.165, 1.54) is 6.07 Å². The summed E-state index contributed by atoms with van der Waals surface area (Å²) in [5.74, 6) is 0.303. The maximum absolute atomic E-state index is 13.5. The zero-order valence-corrected chi connectivity index (χ0v) is 11.1. The van der Waals surface area contributed by atoms with Crippen molar-refractivity contribution in [3.63, 3.8) is 0 Å². The Bertz CT molecular complexity index is 564. The van der Waals surface area contributed by atoms with Crippen LogP contribution in [0.3, 0.4) is 0 Å². The van der Waals surface area contributed by atoms with Crippen LogP contribution in [-0.2, 0) is 6.61 Å². The third-order valence-electron chi connectivity index (χ3n) is 2.96. The fourth-order valence-corrected chi connectivity index (χ4v) is 1.90. The SMILES string of the molecule is Cc1ccc(OCc2ccccc2F)c([C@@H](C)O)c1. The summed E-state index contributed by atoms with van der Waals surface area (Å²) in [6.45, 7) is 3.78. The Balaban J connectivity index is 2.18. The van der Waals surface area contributed by atoms with Crippen molar-refractivity contribution in [2.45, 2.75) is 26.6 Å². The number of aliphatic hydroxyl groups excluding tert-OH is 1. The molecule has 2 aromatic rings. The van der Waals surface area contributed by atoms with Crippen LogP contribution in [0.5, 0.6) is 5.75 Å². The number of aliphatic hydroxyl groups is 1. The Labute approximate surface area is 112 Å². The quantitative estimate of drug-likeness (QED) is 0.906. The number of rotatable bonds is 4. The van der Waals surface area contributed by atoms with E-state index in [0.29, 0.717) is 11.3 Å². The van der Waals surface area contributed by atoms with E-state index in [2.05, 4.69) is 0 Å². The third-order valence-corrected chi connectivity index (χ3v) is 2.96. The van der Waals surface area contributed by atoms with Gasteiger partial charge < -0.3 is 9.84 Å². The zero-order valence-electron chi connectivity index (χ0n) is 11.1. The van der Waals surface area contributed by atoms with Crippen LogP contribution in [0.1, 0.15) is 29.7 Å². The van der Waals surface area contributed by atoms with Gasteiger partial charge in [-0.1, -0.05) is 29.8 Å². The number of halogens is 1. The first-order chi connectivity index (χ1) is 9.08. The molecule has 0 bridgehead atoms. The Morgan fingerprint density at radius 2 is 1.95 bits per heavy atom. The van der Waals surface area contributed by atoms with Gasteiger partial charge in [-0.05, 0) is 32.0 Å². The molecule has 0 radical (unpaired) electrons. The summed E-state index contributed by atoms with van der Waals surface area (Å²) < 4.78 is 19.1. The lowest BCUT2D eigenvalue weighted by atomic mass is 10.1. The molecule has 2 aromatic carbocycles. The summed E-state index contributed by atoms with van der Waals surface area (Å²) in [5, 5.41) is 9.73. The molecule has 0 unspecified atom stereocenters. The first-order valence-corrected chi connectivity index (χ1v) is 6.22. The Kier molecular flexibility index (Phi) is 4.17. The van der Waals surface area contributed by atoms with E-state index in [4.69, 9.17) is 4.74 Å². The molecule has 3 heteroatoms. The van der Waals surface area contributed by atoms with Crippen LogP contribution in [-0.4, -0.2) is 5.11 Å². The summed E-state index contributed by atoms with van der Waals surface area (Å²) in [5.41, 5.74) is 2.27. The maximum Gasteiger partial charge on any atom is 0.129 e. The second kappa shape index (κ2) is 5.85. The summed E-state index contributed by atoms with van der Waals surface area (Å²) in [6, 6.07) is 12.1. The molecule has 0 saturated heterocycles. The fraction of sp³-hybridized carbons (Fsp3) is 0.250. The van der Waals surface area contributed by atoms with E-state index in [1.807, 2.05) is 19.1 Å². The van der Waals surface area contributed by atoms with Crippen LogP contribution in [0.2, 0.25) is 0 Å². The van der Waals surface area contributed by atoms with Gasteiger partial charge in [0.15, 0.2) is 0 Å². The molecule has 0 aromatic heterocycles. The number of aryl methyl sites for hydroxylation is 1. The second-order valence-electron chi connectivity index (χ2n) is 4.60. The van der Waals surface area contributed by atoms with Gasteiger partial charge in [-0.15, -0.1) is 0 Å². The van der Waals surface area contributed by atoms with Gasteiger partial charge >= 0.3 is 0 Å². The van der Waals surface area contributed by atoms with Gasteiger partial charge in [0, 0.05) is 11.1 Å². The summed E-state index contributed by atoms with van der Waals surface area (Å²) in [4.78, 5) is 0. The highest BCUT2D eigenvalue weighted by Crippen LogP contribution is 2.27. The van der Waals surface area contributed by atoms with Crippen LogP contribution in [0.4, 0.5) is 4.39 Å². The van der Waals surface area contributed by atoms with Gasteiger partial charge in [0.05, 0.1) is 6.10 Å². The van der Waals surface area contributed by atoms with Crippen LogP contribution >= 0.6 is 0 Å². The molecule has 1 atom stereocenters. The molecule has 0 saturated carbocycles. The third kappa shape index (κ3) is 3.32. The highest BCUT2D eigenvalue weighted by molar-refractivity contribution is 5.38. The molecule has 0 heterocycles. The van der Waals surface area contributed by atoms with Gasteiger partial charge in [-0.2, -0.15) is 0 Å². The molecule has 2 rings (SSSR count). The lowest BCUT2D eigenvalue weighted by Crippen LogP contribution is -2.02. The van der Waals surface area contributed by atoms with Crippen molar-refractivity contribution in [1.29, 1.82) is 0 Å². The molecule has 0 aliphatic carbocycles. The average Bonchev–Trinajstić information content (AvgIpc) is 2.38. The van der Waals surface area contributed by atoms with E-state index in [-0.39, 0.29) is 12.4 Å². The minimum absolute atomic E-state index is 0.148. The average molecular weight is 260 g/mol. The van der Waals surface area contributed by atoms with Crippen LogP contribution in [0.15, 0.2) is 42.5 Å². The van der Waals surface area contributed by atoms with Gasteiger partial charge in [0.2, 0.25) is 0 Å². The lowest BCUT2D eigenvalue weighted by Gasteiger charge is -2.14. The molecule has 0 amide bonds. The predicted octanol–water partition coefficient (Wildman–Crippen LogP) is 3.77. The molecule has 0 fully saturated rings. The number of benzene rings is 2. The summed E-state index contributed by atoms with van der Waals surface area (Å²) in [6.07, 6.45) is -0.615. The highest BCUT2D eigenvalue weighted by Gasteiger charge is 2.10. The monoisotopic (exact) mass is 260 g/mol. The van der Waals surface area contributed by atoms with Crippen molar-refractivity contribution in [1.82, 2.24) is 0 Å². The topological polar surface area (TPSA) is 29.5 Å². The molecule has 1 N–H and O–H groups in total. The molecule has 100 valence electrons. The highest BCUT2D eigenvalue weighted by atomic mass is 19.1. The van der Waals surface area contributed by atoms with E-state index in [1.54, 1.807) is 31.2 Å². The van der Waals surface area contributed by atoms with Crippen LogP contribution < -0.4 is 4.74 Å². The van der Waals surface area contributed by atoms with Crippen molar-refractivity contribution in [3.8, 4) is 5.75 Å². The molecule has 0 aliphatic heterocycles. The predicted molar refractivity (Wildman–Crippen MR) is 72.5 cm³/mol. The van der Waals surface area contributed by atoms with Gasteiger partial charge in [0.1, 0.15) is 18.2 Å². The summed E-state index contributed by atoms with van der Waals surface area (Å²) in [7, 11) is 0. The fourth-order valence-electron chi connectivity index (χ4n) is 1.90. The normalized spacial score (nSPS) is 12.2. The van der Waals surface area contributed by atoms with E-state index < -0.39 is 6.10 Å². The largest absolute Gasteiger partial charge is 0.488 e. The number of ether oxygens (including phenoxy) is 1. The molecule has 19 heavy (non-hydrogen) atoms. The summed E-state index contributed by atoms with van der Waals surface area (Å²) >= 11 is 0. The van der Waals surface area contributed by atoms with E-state index in [9.17, 15) is 9.50 Å². The molecule has 0 spiro atoms. The van der Waals surface area contributed by atoms with Crippen molar-refractivity contribution < 1.29 is 14.2 Å². The van der Waals surface area contributed by atoms with Crippen LogP contribution in [0, 0.1) is 12.7 Å². The minimum Gasteiger partial charge on any atom is -0.488 e. The second-order valence-corrected chi connectivity index (χ2v) is 4.60. The molecule has 2 nitrogen and oxygen atoms in total. The van der Waals surface area contributed by atoms with E-state index >= 15 is 0 Å². The van der Waals surface area contributed by atoms with Crippen LogP contribution in [0.25, 0.3) is 0 Å². The first kappa shape index (κ1) is 13.6. The van der Waals surface area contributed by atoms with Gasteiger partial charge in [-0.25, -0.2) is 4.39 Å². The standard InChI is InChI=1S/C16H17FO2/c1-11-7-8-16(14(9-11)12(2)18)19-10-13-5-3-4-6-15(13)17/h3-9,12,18H,10H2,1-2H3/t12-/m1/s1. The Morgan fingerprint density at radius 1 is 1.21 bits per heavy atom. The number of hydrogen-bond acceptors (Lipinski definition) is 2. The molecule has 0 aliphatic rings. The Morgan fingerprint density at radius 3 is 2.63 bits per heavy atom. The minimum atomic E-state index is -0.615. The Hall–Kier alpha value is -1.87. The lowest BCUT2D eigenvalue weighted by molar-refractivity contribution is 0.189. The van der Waals surface area contributed by atoms with Crippen molar-refractivity contribution in [3.05, 3.63) is 65.0 Å². The smallest absolute Gasteiger partial charge is 0.129 e. The van der Waals surface area contributed by atoms with Crippen molar-refractivity contribution in [2.24, 2.45) is 0 Å². The molecular weight excluding hydrogens is 243 g/mol. The number of hydrogen-bond donors (Lipinski definition) is 1. The van der Waals surface area contributed by atoms with Gasteiger partial charge in [-0.3, -0.25) is 0 Å². The molecular formula is C16H17FO2. The first-order valence-electron chi connectivity index (χ1n) is 6.22. The van der Waals surface area contributed by atoms with E-state index in [0.717, 1.165) is 11.1 Å². The van der Waals surface area contributed by atoms with Crippen molar-refractivity contribution in [2.75, 3.05) is 0 Å². The maximum atomic E-state index is 13.5. The van der Waals surface area contributed by atoms with Gasteiger partial charge in [0.25, 0.3) is 0 Å².